The zero-order valence-electron chi connectivity index (χ0n) is 16.0. The van der Waals surface area contributed by atoms with Gasteiger partial charge in [-0.05, 0) is 41.1 Å². The zero-order valence-corrected chi connectivity index (χ0v) is 16.8. The molecular formula is C23H24ClN3O. The Morgan fingerprint density at radius 2 is 1.68 bits per heavy atom. The van der Waals surface area contributed by atoms with E-state index in [-0.39, 0.29) is 5.91 Å². The number of likely N-dealkylation sites (N-methyl/N-ethyl adjacent to an activating group) is 1. The van der Waals surface area contributed by atoms with Crippen molar-refractivity contribution in [3.05, 3.63) is 71.8 Å². The van der Waals surface area contributed by atoms with Gasteiger partial charge in [0.15, 0.2) is 0 Å². The Bertz CT molecular complexity index is 982. The van der Waals surface area contributed by atoms with Crippen LogP contribution in [0.3, 0.4) is 0 Å². The number of hydrogen-bond acceptors (Lipinski definition) is 3. The predicted octanol–water partition coefficient (Wildman–Crippen LogP) is 4.28. The third kappa shape index (κ3) is 4.07. The lowest BCUT2D eigenvalue weighted by Crippen LogP contribution is -2.51. The van der Waals surface area contributed by atoms with Crippen molar-refractivity contribution in [2.75, 3.05) is 49.6 Å². The van der Waals surface area contributed by atoms with Gasteiger partial charge < -0.3 is 14.7 Å². The smallest absolute Gasteiger partial charge is 0.242 e. The highest BCUT2D eigenvalue weighted by molar-refractivity contribution is 6.30. The molecule has 0 unspecified atom stereocenters. The van der Waals surface area contributed by atoms with Gasteiger partial charge in [-0.25, -0.2) is 0 Å². The maximum atomic E-state index is 12.8. The molecule has 4 rings (SSSR count). The molecule has 0 spiro atoms. The summed E-state index contributed by atoms with van der Waals surface area (Å²) in [5, 5.41) is 3.14. The summed E-state index contributed by atoms with van der Waals surface area (Å²) in [6, 6.07) is 22.5. The van der Waals surface area contributed by atoms with Gasteiger partial charge in [-0.3, -0.25) is 4.79 Å². The van der Waals surface area contributed by atoms with E-state index in [0.717, 1.165) is 42.6 Å². The van der Waals surface area contributed by atoms with Crippen LogP contribution in [-0.4, -0.2) is 50.6 Å². The molecule has 0 atom stereocenters. The van der Waals surface area contributed by atoms with Crippen molar-refractivity contribution in [2.24, 2.45) is 0 Å². The lowest BCUT2D eigenvalue weighted by atomic mass is 10.1. The Balaban J connectivity index is 1.36. The number of fused-ring (bicyclic) bond motifs is 1. The lowest BCUT2D eigenvalue weighted by Gasteiger charge is -2.37. The highest BCUT2D eigenvalue weighted by Crippen LogP contribution is 2.23. The third-order valence-corrected chi connectivity index (χ3v) is 5.59. The predicted molar refractivity (Wildman–Crippen MR) is 117 cm³/mol. The van der Waals surface area contributed by atoms with E-state index in [4.69, 9.17) is 11.6 Å². The van der Waals surface area contributed by atoms with Gasteiger partial charge in [0, 0.05) is 49.6 Å². The van der Waals surface area contributed by atoms with Crippen LogP contribution in [0, 0.1) is 0 Å². The summed E-state index contributed by atoms with van der Waals surface area (Å²) in [5.74, 6) is 0.168. The quantitative estimate of drug-likeness (QED) is 0.662. The molecular weight excluding hydrogens is 370 g/mol. The second kappa shape index (κ2) is 8.11. The minimum atomic E-state index is 0.168. The third-order valence-electron chi connectivity index (χ3n) is 5.35. The number of anilines is 2. The summed E-state index contributed by atoms with van der Waals surface area (Å²) >= 11 is 6.10. The largest absolute Gasteiger partial charge is 0.368 e. The Morgan fingerprint density at radius 1 is 0.929 bits per heavy atom. The second-order valence-electron chi connectivity index (χ2n) is 7.24. The first-order valence-corrected chi connectivity index (χ1v) is 9.96. The molecule has 1 fully saturated rings. The first-order chi connectivity index (χ1) is 13.6. The summed E-state index contributed by atoms with van der Waals surface area (Å²) in [6.45, 7) is 3.50. The van der Waals surface area contributed by atoms with E-state index < -0.39 is 0 Å². The molecule has 5 heteroatoms. The summed E-state index contributed by atoms with van der Waals surface area (Å²) in [7, 11) is 1.98. The van der Waals surface area contributed by atoms with Crippen molar-refractivity contribution in [1.29, 1.82) is 0 Å². The van der Waals surface area contributed by atoms with Gasteiger partial charge in [0.05, 0.1) is 6.54 Å². The molecule has 1 aliphatic rings. The number of carbonyl (C=O) groups excluding carboxylic acids is 1. The maximum absolute atomic E-state index is 12.8. The van der Waals surface area contributed by atoms with Gasteiger partial charge in [0.2, 0.25) is 5.91 Å². The summed E-state index contributed by atoms with van der Waals surface area (Å²) in [5.41, 5.74) is 2.18. The van der Waals surface area contributed by atoms with Crippen molar-refractivity contribution in [3.63, 3.8) is 0 Å². The number of carbonyl (C=O) groups is 1. The molecule has 3 aromatic rings. The number of benzene rings is 3. The van der Waals surface area contributed by atoms with Crippen LogP contribution in [0.1, 0.15) is 0 Å². The molecule has 0 radical (unpaired) electrons. The summed E-state index contributed by atoms with van der Waals surface area (Å²) in [4.78, 5) is 19.1. The fourth-order valence-electron chi connectivity index (χ4n) is 3.70. The van der Waals surface area contributed by atoms with Gasteiger partial charge in [0.1, 0.15) is 0 Å². The minimum absolute atomic E-state index is 0.168. The van der Waals surface area contributed by atoms with Gasteiger partial charge in [0.25, 0.3) is 0 Å². The van der Waals surface area contributed by atoms with Crippen LogP contribution in [-0.2, 0) is 4.79 Å². The molecule has 0 bridgehead atoms. The molecule has 0 saturated carbocycles. The second-order valence-corrected chi connectivity index (χ2v) is 7.67. The average Bonchev–Trinajstić information content (AvgIpc) is 2.73. The van der Waals surface area contributed by atoms with Crippen LogP contribution in [0.4, 0.5) is 11.4 Å². The van der Waals surface area contributed by atoms with Gasteiger partial charge in [-0.15, -0.1) is 0 Å². The molecule has 1 saturated heterocycles. The number of nitrogens with zero attached hydrogens (tertiary/aromatic N) is 3. The highest BCUT2D eigenvalue weighted by Gasteiger charge is 2.22. The van der Waals surface area contributed by atoms with Crippen molar-refractivity contribution >= 4 is 39.7 Å². The van der Waals surface area contributed by atoms with Crippen molar-refractivity contribution in [1.82, 2.24) is 4.90 Å². The van der Waals surface area contributed by atoms with E-state index in [9.17, 15) is 4.79 Å². The molecule has 28 heavy (non-hydrogen) atoms. The number of amides is 1. The molecule has 0 aromatic heterocycles. The fraction of sp³-hybridized carbons (Fsp3) is 0.261. The van der Waals surface area contributed by atoms with E-state index in [1.165, 1.54) is 10.8 Å². The van der Waals surface area contributed by atoms with Crippen LogP contribution in [0.2, 0.25) is 5.02 Å². The van der Waals surface area contributed by atoms with Crippen LogP contribution < -0.4 is 9.80 Å². The van der Waals surface area contributed by atoms with Crippen LogP contribution >= 0.6 is 11.6 Å². The number of rotatable bonds is 4. The standard InChI is InChI=1S/C23H24ClN3O/c1-25(21-10-9-18-5-2-3-6-19(18)15-21)17-23(28)27-13-11-26(12-14-27)22-8-4-7-20(24)16-22/h2-10,15-16H,11-14,17H2,1H3. The normalized spacial score (nSPS) is 14.4. The minimum Gasteiger partial charge on any atom is -0.368 e. The Morgan fingerprint density at radius 3 is 2.43 bits per heavy atom. The summed E-state index contributed by atoms with van der Waals surface area (Å²) < 4.78 is 0. The average molecular weight is 394 g/mol. The highest BCUT2D eigenvalue weighted by atomic mass is 35.5. The molecule has 0 N–H and O–H groups in total. The van der Waals surface area contributed by atoms with E-state index in [2.05, 4.69) is 41.3 Å². The van der Waals surface area contributed by atoms with Gasteiger partial charge in [-0.2, -0.15) is 0 Å². The van der Waals surface area contributed by atoms with E-state index >= 15 is 0 Å². The molecule has 1 amide bonds. The van der Waals surface area contributed by atoms with Gasteiger partial charge in [-0.1, -0.05) is 48.0 Å². The first-order valence-electron chi connectivity index (χ1n) is 9.58. The lowest BCUT2D eigenvalue weighted by molar-refractivity contribution is -0.129. The Labute approximate surface area is 170 Å². The number of piperazine rings is 1. The van der Waals surface area contributed by atoms with Crippen molar-refractivity contribution < 1.29 is 4.79 Å². The van der Waals surface area contributed by atoms with Crippen LogP contribution in [0.15, 0.2) is 66.7 Å². The molecule has 1 heterocycles. The number of halogens is 1. The van der Waals surface area contributed by atoms with E-state index in [1.807, 2.05) is 47.2 Å². The fourth-order valence-corrected chi connectivity index (χ4v) is 3.88. The SMILES string of the molecule is CN(CC(=O)N1CCN(c2cccc(Cl)c2)CC1)c1ccc2ccccc2c1. The molecule has 0 aliphatic carbocycles. The first kappa shape index (κ1) is 18.6. The Kier molecular flexibility index (Phi) is 5.40. The summed E-state index contributed by atoms with van der Waals surface area (Å²) in [6.07, 6.45) is 0. The topological polar surface area (TPSA) is 26.8 Å². The van der Waals surface area contributed by atoms with Crippen LogP contribution in [0.25, 0.3) is 10.8 Å². The molecule has 144 valence electrons. The molecule has 3 aromatic carbocycles. The number of hydrogen-bond donors (Lipinski definition) is 0. The van der Waals surface area contributed by atoms with Gasteiger partial charge >= 0.3 is 0 Å². The van der Waals surface area contributed by atoms with Crippen LogP contribution in [0.5, 0.6) is 0 Å². The van der Waals surface area contributed by atoms with Crippen molar-refractivity contribution in [2.45, 2.75) is 0 Å². The van der Waals surface area contributed by atoms with E-state index in [0.29, 0.717) is 6.54 Å². The Hall–Kier alpha value is -2.72. The van der Waals surface area contributed by atoms with E-state index in [1.54, 1.807) is 0 Å². The van der Waals surface area contributed by atoms with Crippen molar-refractivity contribution in [3.8, 4) is 0 Å². The molecule has 4 nitrogen and oxygen atoms in total. The monoisotopic (exact) mass is 393 g/mol. The maximum Gasteiger partial charge on any atom is 0.242 e. The molecule has 1 aliphatic heterocycles. The zero-order chi connectivity index (χ0) is 19.5.